The van der Waals surface area contributed by atoms with E-state index < -0.39 is 72.6 Å². The largest absolute Gasteiger partial charge is 0.446 e. The lowest BCUT2D eigenvalue weighted by atomic mass is 9.97. The van der Waals surface area contributed by atoms with E-state index in [0.29, 0.717) is 16.8 Å². The van der Waals surface area contributed by atoms with E-state index in [-0.39, 0.29) is 0 Å². The van der Waals surface area contributed by atoms with Gasteiger partial charge in [0.15, 0.2) is 5.69 Å². The molecule has 0 saturated heterocycles. The summed E-state index contributed by atoms with van der Waals surface area (Å²) in [7, 11) is 0. The van der Waals surface area contributed by atoms with Crippen molar-refractivity contribution in [3.8, 4) is 17.6 Å². The molecule has 14 heteroatoms. The van der Waals surface area contributed by atoms with Crippen molar-refractivity contribution in [2.45, 2.75) is 37.4 Å². The number of ether oxygens (including phenoxy) is 1. The molecule has 168 valence electrons. The molecule has 0 aliphatic rings. The third-order valence-corrected chi connectivity index (χ3v) is 4.86. The molecule has 0 spiro atoms. The molecular formula is C17H11Cl2F6N3O2S. The van der Waals surface area contributed by atoms with E-state index >= 15 is 0 Å². The molecule has 0 saturated carbocycles. The van der Waals surface area contributed by atoms with Gasteiger partial charge in [-0.1, -0.05) is 23.2 Å². The first-order valence-corrected chi connectivity index (χ1v) is 9.60. The van der Waals surface area contributed by atoms with Gasteiger partial charge >= 0.3 is 17.7 Å². The van der Waals surface area contributed by atoms with Crippen LogP contribution in [0.3, 0.4) is 0 Å². The van der Waals surface area contributed by atoms with Gasteiger partial charge in [-0.15, -0.1) is 0 Å². The standard InChI is InChI=1S/C17H11Cl2F6N3O2S/c1-15(2,3)14(29)30-13-12(31-17(23,24)25)10(6-26)27-28(13)11-8(18)4-7(5-9(11)19)16(20,21)22/h4-5H,1-3H3. The van der Waals surface area contributed by atoms with Crippen molar-refractivity contribution in [1.29, 1.82) is 5.26 Å². The second kappa shape index (κ2) is 8.44. The van der Waals surface area contributed by atoms with Crippen LogP contribution in [0, 0.1) is 16.7 Å². The third-order valence-electron chi connectivity index (χ3n) is 3.48. The van der Waals surface area contributed by atoms with Gasteiger partial charge in [-0.25, -0.2) is 0 Å². The lowest BCUT2D eigenvalue weighted by Gasteiger charge is -2.19. The molecule has 0 N–H and O–H groups in total. The summed E-state index contributed by atoms with van der Waals surface area (Å²) < 4.78 is 83.7. The summed E-state index contributed by atoms with van der Waals surface area (Å²) in [4.78, 5) is 11.5. The average molecular weight is 506 g/mol. The maximum atomic E-state index is 13.1. The highest BCUT2D eigenvalue weighted by Crippen LogP contribution is 2.46. The van der Waals surface area contributed by atoms with Crippen LogP contribution in [0.5, 0.6) is 5.88 Å². The molecule has 0 aliphatic heterocycles. The lowest BCUT2D eigenvalue weighted by Crippen LogP contribution is -2.26. The lowest BCUT2D eigenvalue weighted by molar-refractivity contribution is -0.143. The van der Waals surface area contributed by atoms with Crippen LogP contribution in [0.15, 0.2) is 17.0 Å². The Morgan fingerprint density at radius 2 is 1.65 bits per heavy atom. The number of hydrogen-bond donors (Lipinski definition) is 0. The highest BCUT2D eigenvalue weighted by atomic mass is 35.5. The summed E-state index contributed by atoms with van der Waals surface area (Å²) in [5.41, 5.74) is -8.62. The van der Waals surface area contributed by atoms with Crippen molar-refractivity contribution >= 4 is 40.9 Å². The number of esters is 1. The summed E-state index contributed by atoms with van der Waals surface area (Å²) in [5.74, 6) is -1.86. The molecule has 5 nitrogen and oxygen atoms in total. The third kappa shape index (κ3) is 5.78. The summed E-state index contributed by atoms with van der Waals surface area (Å²) in [6.07, 6.45) is -4.81. The fourth-order valence-corrected chi connectivity index (χ4v) is 3.36. The summed E-state index contributed by atoms with van der Waals surface area (Å²) >= 11 is 11.0. The van der Waals surface area contributed by atoms with Crippen molar-refractivity contribution in [2.75, 3.05) is 0 Å². The summed E-state index contributed by atoms with van der Waals surface area (Å²) in [6, 6.07) is 2.37. The number of aromatic nitrogens is 2. The maximum absolute atomic E-state index is 13.1. The zero-order valence-electron chi connectivity index (χ0n) is 15.7. The molecule has 1 heterocycles. The highest BCUT2D eigenvalue weighted by Gasteiger charge is 2.38. The number of hydrogen-bond acceptors (Lipinski definition) is 5. The molecule has 0 fully saturated rings. The molecule has 0 aliphatic carbocycles. The van der Waals surface area contributed by atoms with E-state index in [1.54, 1.807) is 0 Å². The zero-order valence-corrected chi connectivity index (χ0v) is 18.1. The van der Waals surface area contributed by atoms with Crippen molar-refractivity contribution in [3.05, 3.63) is 33.4 Å². The van der Waals surface area contributed by atoms with Crippen LogP contribution in [-0.2, 0) is 11.0 Å². The fourth-order valence-electron chi connectivity index (χ4n) is 2.08. The number of nitriles is 1. The van der Waals surface area contributed by atoms with Crippen LogP contribution in [-0.4, -0.2) is 21.3 Å². The second-order valence-electron chi connectivity index (χ2n) is 6.98. The van der Waals surface area contributed by atoms with E-state index in [1.165, 1.54) is 26.8 Å². The maximum Gasteiger partial charge on any atom is 0.446 e. The Labute approximate surface area is 185 Å². The van der Waals surface area contributed by atoms with Crippen molar-refractivity contribution in [2.24, 2.45) is 5.41 Å². The highest BCUT2D eigenvalue weighted by molar-refractivity contribution is 8.00. The van der Waals surface area contributed by atoms with Gasteiger partial charge in [0.25, 0.3) is 0 Å². The minimum atomic E-state index is -4.91. The second-order valence-corrected chi connectivity index (χ2v) is 8.87. The molecule has 2 aromatic rings. The quantitative estimate of drug-likeness (QED) is 0.266. The van der Waals surface area contributed by atoms with Crippen molar-refractivity contribution < 1.29 is 35.9 Å². The number of benzene rings is 1. The summed E-state index contributed by atoms with van der Waals surface area (Å²) in [6.45, 7) is 4.24. The first kappa shape index (κ1) is 25.2. The van der Waals surface area contributed by atoms with Crippen LogP contribution >= 0.6 is 35.0 Å². The number of nitrogens with zero attached hydrogens (tertiary/aromatic N) is 3. The Balaban J connectivity index is 2.82. The van der Waals surface area contributed by atoms with Crippen molar-refractivity contribution in [1.82, 2.24) is 9.78 Å². The van der Waals surface area contributed by atoms with Gasteiger partial charge in [-0.05, 0) is 44.7 Å². The molecule has 0 unspecified atom stereocenters. The number of rotatable bonds is 3. The molecule has 1 aromatic heterocycles. The number of alkyl halides is 6. The predicted octanol–water partition coefficient (Wildman–Crippen LogP) is 6.63. The number of carbonyl (C=O) groups excluding carboxylic acids is 1. The number of carbonyl (C=O) groups is 1. The van der Waals surface area contributed by atoms with Crippen LogP contribution in [0.25, 0.3) is 5.69 Å². The Morgan fingerprint density at radius 1 is 1.13 bits per heavy atom. The van der Waals surface area contributed by atoms with Gasteiger partial charge in [-0.2, -0.15) is 41.4 Å². The van der Waals surface area contributed by atoms with Gasteiger partial charge < -0.3 is 4.74 Å². The van der Waals surface area contributed by atoms with Crippen LogP contribution in [0.4, 0.5) is 26.3 Å². The zero-order chi connectivity index (χ0) is 23.9. The number of thioether (sulfide) groups is 1. The van der Waals surface area contributed by atoms with Crippen LogP contribution in [0.2, 0.25) is 10.0 Å². The van der Waals surface area contributed by atoms with E-state index in [0.717, 1.165) is 0 Å². The molecule has 1 aromatic carbocycles. The molecule has 0 atom stereocenters. The van der Waals surface area contributed by atoms with Gasteiger partial charge in [0.2, 0.25) is 5.88 Å². The molecule has 31 heavy (non-hydrogen) atoms. The van der Waals surface area contributed by atoms with Crippen LogP contribution in [0.1, 0.15) is 32.0 Å². The smallest absolute Gasteiger partial charge is 0.406 e. The van der Waals surface area contributed by atoms with E-state index in [1.807, 2.05) is 0 Å². The SMILES string of the molecule is CC(C)(C)C(=O)Oc1c(SC(F)(F)F)c(C#N)nn1-c1c(Cl)cc(C(F)(F)F)cc1Cl. The molecular weight excluding hydrogens is 495 g/mol. The molecule has 0 bridgehead atoms. The topological polar surface area (TPSA) is 67.9 Å². The van der Waals surface area contributed by atoms with Gasteiger partial charge in [0.1, 0.15) is 16.7 Å². The molecule has 0 amide bonds. The van der Waals surface area contributed by atoms with E-state index in [2.05, 4.69) is 5.10 Å². The minimum Gasteiger partial charge on any atom is -0.406 e. The normalized spacial score (nSPS) is 12.6. The first-order valence-electron chi connectivity index (χ1n) is 8.03. The average Bonchev–Trinajstić information content (AvgIpc) is 2.88. The van der Waals surface area contributed by atoms with Crippen molar-refractivity contribution in [3.63, 3.8) is 0 Å². The monoisotopic (exact) mass is 505 g/mol. The summed E-state index contributed by atoms with van der Waals surface area (Å²) in [5, 5.41) is 11.6. The minimum absolute atomic E-state index is 0.475. The van der Waals surface area contributed by atoms with Gasteiger partial charge in [-0.3, -0.25) is 4.79 Å². The van der Waals surface area contributed by atoms with Gasteiger partial charge in [0.05, 0.1) is 21.0 Å². The van der Waals surface area contributed by atoms with Crippen LogP contribution < -0.4 is 4.74 Å². The van der Waals surface area contributed by atoms with E-state index in [4.69, 9.17) is 27.9 Å². The first-order chi connectivity index (χ1) is 14.0. The predicted molar refractivity (Wildman–Crippen MR) is 100 cm³/mol. The molecule has 0 radical (unpaired) electrons. The Kier molecular flexibility index (Phi) is 6.85. The Morgan fingerprint density at radius 3 is 2.03 bits per heavy atom. The fraction of sp³-hybridized carbons (Fsp3) is 0.353. The Bertz CT molecular complexity index is 1050. The molecule has 2 rings (SSSR count). The van der Waals surface area contributed by atoms with E-state index in [9.17, 15) is 36.4 Å². The number of halogens is 8. The van der Waals surface area contributed by atoms with Gasteiger partial charge in [0, 0.05) is 0 Å². The Hall–Kier alpha value is -2.10.